The Labute approximate surface area is 121 Å². The Bertz CT molecular complexity index is 808. The van der Waals surface area contributed by atoms with Crippen LogP contribution in [0.5, 0.6) is 0 Å². The highest BCUT2D eigenvalue weighted by molar-refractivity contribution is 7.92. The zero-order chi connectivity index (χ0) is 15.8. The molecule has 21 heavy (non-hydrogen) atoms. The number of benzene rings is 1. The lowest BCUT2D eigenvalue weighted by Crippen LogP contribution is -2.15. The van der Waals surface area contributed by atoms with Gasteiger partial charge in [0.1, 0.15) is 0 Å². The number of hydrogen-bond donors (Lipinski definition) is 2. The molecule has 0 aliphatic rings. The van der Waals surface area contributed by atoms with Crippen LogP contribution in [0.25, 0.3) is 0 Å². The quantitative estimate of drug-likeness (QED) is 0.895. The smallest absolute Gasteiger partial charge is 0.335 e. The highest BCUT2D eigenvalue weighted by Crippen LogP contribution is 2.23. The summed E-state index contributed by atoms with van der Waals surface area (Å²) >= 11 is 0. The average Bonchev–Trinajstić information content (AvgIpc) is 2.72. The van der Waals surface area contributed by atoms with Gasteiger partial charge in [-0.05, 0) is 38.0 Å². The van der Waals surface area contributed by atoms with Gasteiger partial charge in [0, 0.05) is 6.07 Å². The zero-order valence-corrected chi connectivity index (χ0v) is 12.5. The number of aromatic nitrogens is 1. The molecule has 0 aliphatic carbocycles. The van der Waals surface area contributed by atoms with Gasteiger partial charge in [-0.3, -0.25) is 0 Å². The first-order valence-corrected chi connectivity index (χ1v) is 7.49. The van der Waals surface area contributed by atoms with Gasteiger partial charge in [0.2, 0.25) is 5.88 Å². The van der Waals surface area contributed by atoms with Gasteiger partial charge in [0.25, 0.3) is 10.0 Å². The number of sulfonamides is 1. The molecular weight excluding hydrogens is 296 g/mol. The third kappa shape index (κ3) is 3.05. The summed E-state index contributed by atoms with van der Waals surface area (Å²) in [5.41, 5.74) is 1.41. The predicted octanol–water partition coefficient (Wildman–Crippen LogP) is 2.10. The van der Waals surface area contributed by atoms with E-state index in [1.807, 2.05) is 0 Å². The first kappa shape index (κ1) is 15.0. The van der Waals surface area contributed by atoms with Crippen molar-refractivity contribution >= 4 is 21.9 Å². The Morgan fingerprint density at radius 3 is 2.38 bits per heavy atom. The number of carboxylic acids is 1. The lowest BCUT2D eigenvalue weighted by atomic mass is 10.1. The molecule has 0 saturated carbocycles. The van der Waals surface area contributed by atoms with Gasteiger partial charge in [-0.15, -0.1) is 0 Å². The molecule has 1 heterocycles. The Hall–Kier alpha value is -2.35. The summed E-state index contributed by atoms with van der Waals surface area (Å²) in [4.78, 5) is 11.0. The molecule has 0 atom stereocenters. The van der Waals surface area contributed by atoms with Crippen molar-refractivity contribution < 1.29 is 22.8 Å². The Morgan fingerprint density at radius 2 is 1.86 bits per heavy atom. The van der Waals surface area contributed by atoms with E-state index in [4.69, 9.17) is 9.63 Å². The maximum Gasteiger partial charge on any atom is 0.335 e. The van der Waals surface area contributed by atoms with Crippen molar-refractivity contribution in [3.8, 4) is 0 Å². The molecule has 1 aromatic carbocycles. The summed E-state index contributed by atoms with van der Waals surface area (Å²) in [5, 5.41) is 12.7. The molecule has 8 heteroatoms. The molecule has 0 radical (unpaired) electrons. The van der Waals surface area contributed by atoms with E-state index >= 15 is 0 Å². The molecule has 0 bridgehead atoms. The lowest BCUT2D eigenvalue weighted by molar-refractivity contribution is 0.0696. The van der Waals surface area contributed by atoms with E-state index in [-0.39, 0.29) is 16.3 Å². The van der Waals surface area contributed by atoms with Crippen LogP contribution in [0.15, 0.2) is 27.6 Å². The van der Waals surface area contributed by atoms with E-state index in [0.29, 0.717) is 16.8 Å². The molecule has 2 aromatic rings. The summed E-state index contributed by atoms with van der Waals surface area (Å²) in [7, 11) is -3.95. The topological polar surface area (TPSA) is 110 Å². The number of nitrogens with zero attached hydrogens (tertiary/aromatic N) is 1. The van der Waals surface area contributed by atoms with Gasteiger partial charge in [-0.1, -0.05) is 11.2 Å². The van der Waals surface area contributed by atoms with Crippen LogP contribution >= 0.6 is 0 Å². The highest BCUT2D eigenvalue weighted by atomic mass is 32.2. The van der Waals surface area contributed by atoms with Crippen molar-refractivity contribution in [3.05, 3.63) is 40.6 Å². The molecule has 0 saturated heterocycles. The lowest BCUT2D eigenvalue weighted by Gasteiger charge is -2.10. The van der Waals surface area contributed by atoms with Crippen LogP contribution < -0.4 is 4.72 Å². The molecule has 0 amide bonds. The molecule has 0 spiro atoms. The van der Waals surface area contributed by atoms with E-state index in [1.165, 1.54) is 12.1 Å². The summed E-state index contributed by atoms with van der Waals surface area (Å²) < 4.78 is 31.7. The first-order chi connectivity index (χ1) is 9.70. The molecule has 0 unspecified atom stereocenters. The van der Waals surface area contributed by atoms with Gasteiger partial charge >= 0.3 is 5.97 Å². The van der Waals surface area contributed by atoms with E-state index in [9.17, 15) is 13.2 Å². The fourth-order valence-electron chi connectivity index (χ4n) is 1.95. The maximum atomic E-state index is 12.3. The van der Waals surface area contributed by atoms with Crippen LogP contribution in [0.1, 0.15) is 27.2 Å². The summed E-state index contributed by atoms with van der Waals surface area (Å²) in [5.74, 6) is -1.20. The van der Waals surface area contributed by atoms with Crippen molar-refractivity contribution in [1.82, 2.24) is 5.16 Å². The normalized spacial score (nSPS) is 11.4. The Kier molecular flexibility index (Phi) is 3.73. The molecular formula is C13H14N2O5S. The van der Waals surface area contributed by atoms with Crippen molar-refractivity contribution in [3.63, 3.8) is 0 Å². The van der Waals surface area contributed by atoms with Crippen molar-refractivity contribution in [2.75, 3.05) is 4.72 Å². The fourth-order valence-corrected chi connectivity index (χ4v) is 3.18. The summed E-state index contributed by atoms with van der Waals surface area (Å²) in [6.07, 6.45) is 0. The van der Waals surface area contributed by atoms with Gasteiger partial charge in [0.15, 0.2) is 0 Å². The van der Waals surface area contributed by atoms with Crippen molar-refractivity contribution in [1.29, 1.82) is 0 Å². The van der Waals surface area contributed by atoms with Gasteiger partial charge in [-0.25, -0.2) is 17.9 Å². The van der Waals surface area contributed by atoms with E-state index in [1.54, 1.807) is 20.8 Å². The highest BCUT2D eigenvalue weighted by Gasteiger charge is 2.22. The first-order valence-electron chi connectivity index (χ1n) is 6.01. The zero-order valence-electron chi connectivity index (χ0n) is 11.7. The molecule has 0 aliphatic heterocycles. The van der Waals surface area contributed by atoms with Crippen LogP contribution in [-0.4, -0.2) is 24.7 Å². The molecule has 2 N–H and O–H groups in total. The molecule has 112 valence electrons. The number of carbonyl (C=O) groups is 1. The van der Waals surface area contributed by atoms with Crippen molar-refractivity contribution in [2.45, 2.75) is 25.7 Å². The molecule has 0 fully saturated rings. The number of anilines is 1. The SMILES string of the molecule is Cc1cc(NS(=O)(=O)c2cc(C(=O)O)c(C)cc2C)on1. The average molecular weight is 310 g/mol. The summed E-state index contributed by atoms with van der Waals surface area (Å²) in [6, 6.07) is 4.08. The number of aromatic carboxylic acids is 1. The minimum atomic E-state index is -3.95. The Balaban J connectivity index is 2.49. The molecule has 1 aromatic heterocycles. The van der Waals surface area contributed by atoms with E-state index < -0.39 is 16.0 Å². The summed E-state index contributed by atoms with van der Waals surface area (Å²) in [6.45, 7) is 4.86. The van der Waals surface area contributed by atoms with Crippen LogP contribution in [0, 0.1) is 20.8 Å². The third-order valence-electron chi connectivity index (χ3n) is 2.90. The molecule has 2 rings (SSSR count). The number of rotatable bonds is 4. The van der Waals surface area contributed by atoms with Crippen molar-refractivity contribution in [2.24, 2.45) is 0 Å². The second-order valence-corrected chi connectivity index (χ2v) is 6.33. The number of carboxylic acid groups (broad SMARTS) is 1. The van der Waals surface area contributed by atoms with Crippen LogP contribution in [0.4, 0.5) is 5.88 Å². The van der Waals surface area contributed by atoms with Crippen LogP contribution in [0.2, 0.25) is 0 Å². The second-order valence-electron chi connectivity index (χ2n) is 4.68. The monoisotopic (exact) mass is 310 g/mol. The van der Waals surface area contributed by atoms with E-state index in [0.717, 1.165) is 6.07 Å². The number of nitrogens with one attached hydrogen (secondary N) is 1. The van der Waals surface area contributed by atoms with E-state index in [2.05, 4.69) is 9.88 Å². The predicted molar refractivity (Wildman–Crippen MR) is 74.9 cm³/mol. The minimum absolute atomic E-state index is 0.0237. The van der Waals surface area contributed by atoms with Gasteiger partial charge in [0.05, 0.1) is 16.2 Å². The minimum Gasteiger partial charge on any atom is -0.478 e. The standard InChI is InChI=1S/C13H14N2O5S/c1-7-4-8(2)11(6-10(7)13(16)17)21(18,19)15-12-5-9(3)14-20-12/h4-6,15H,1-3H3,(H,16,17). The number of aryl methyl sites for hydroxylation is 3. The number of hydrogen-bond acceptors (Lipinski definition) is 5. The Morgan fingerprint density at radius 1 is 1.19 bits per heavy atom. The fraction of sp³-hybridized carbons (Fsp3) is 0.231. The second kappa shape index (κ2) is 5.21. The van der Waals surface area contributed by atoms with Crippen LogP contribution in [-0.2, 0) is 10.0 Å². The molecule has 7 nitrogen and oxygen atoms in total. The van der Waals surface area contributed by atoms with Gasteiger partial charge in [-0.2, -0.15) is 0 Å². The largest absolute Gasteiger partial charge is 0.478 e. The van der Waals surface area contributed by atoms with Crippen LogP contribution in [0.3, 0.4) is 0 Å². The third-order valence-corrected chi connectivity index (χ3v) is 4.39. The van der Waals surface area contributed by atoms with Gasteiger partial charge < -0.3 is 9.63 Å². The maximum absolute atomic E-state index is 12.3.